The Hall–Kier alpha value is -2.28. The van der Waals surface area contributed by atoms with Gasteiger partial charge in [-0.1, -0.05) is 0 Å². The maximum absolute atomic E-state index is 13.1. The van der Waals surface area contributed by atoms with Crippen molar-refractivity contribution in [1.29, 1.82) is 0 Å². The first-order valence-electron chi connectivity index (χ1n) is 7.75. The first-order chi connectivity index (χ1) is 11.0. The van der Waals surface area contributed by atoms with Crippen molar-refractivity contribution in [2.24, 2.45) is 7.05 Å². The maximum atomic E-state index is 13.1. The van der Waals surface area contributed by atoms with Gasteiger partial charge in [0.15, 0.2) is 0 Å². The lowest BCUT2D eigenvalue weighted by Crippen LogP contribution is -2.52. The number of likely N-dealkylation sites (tertiary alicyclic amines) is 1. The van der Waals surface area contributed by atoms with Crippen molar-refractivity contribution in [3.8, 4) is 0 Å². The number of aromatic nitrogens is 4. The van der Waals surface area contributed by atoms with Crippen molar-refractivity contribution in [2.75, 3.05) is 20.6 Å². The molecule has 0 N–H and O–H groups in total. The third-order valence-electron chi connectivity index (χ3n) is 4.39. The molecule has 0 aromatic carbocycles. The molecule has 3 rings (SSSR count). The average Bonchev–Trinajstić information content (AvgIpc) is 3.15. The highest BCUT2D eigenvalue weighted by Crippen LogP contribution is 2.40. The minimum absolute atomic E-state index is 0.0550. The molecule has 1 amide bonds. The summed E-state index contributed by atoms with van der Waals surface area (Å²) < 4.78 is 1.78. The smallest absolute Gasteiger partial charge is 0.248 e. The number of amides is 1. The number of rotatable bonds is 4. The van der Waals surface area contributed by atoms with Crippen LogP contribution in [0.25, 0.3) is 0 Å². The first kappa shape index (κ1) is 15.6. The van der Waals surface area contributed by atoms with Gasteiger partial charge in [-0.3, -0.25) is 24.3 Å². The third kappa shape index (κ3) is 2.72. The Morgan fingerprint density at radius 1 is 1.35 bits per heavy atom. The van der Waals surface area contributed by atoms with Gasteiger partial charge in [-0.25, -0.2) is 0 Å². The van der Waals surface area contributed by atoms with E-state index in [0.717, 1.165) is 30.6 Å². The van der Waals surface area contributed by atoms with Crippen LogP contribution >= 0.6 is 0 Å². The molecule has 0 aliphatic carbocycles. The van der Waals surface area contributed by atoms with Crippen LogP contribution in [0.2, 0.25) is 0 Å². The molecule has 3 heterocycles. The second-order valence-corrected chi connectivity index (χ2v) is 6.20. The number of carbonyl (C=O) groups excluding carboxylic acids is 1. The van der Waals surface area contributed by atoms with Gasteiger partial charge in [-0.05, 0) is 19.4 Å². The highest BCUT2D eigenvalue weighted by molar-refractivity contribution is 5.87. The Morgan fingerprint density at radius 2 is 2.17 bits per heavy atom. The van der Waals surface area contributed by atoms with Crippen LogP contribution in [0.5, 0.6) is 0 Å². The van der Waals surface area contributed by atoms with Crippen molar-refractivity contribution < 1.29 is 4.79 Å². The van der Waals surface area contributed by atoms with E-state index in [0.29, 0.717) is 6.54 Å². The lowest BCUT2D eigenvalue weighted by molar-refractivity contribution is -0.141. The van der Waals surface area contributed by atoms with Gasteiger partial charge < -0.3 is 4.90 Å². The van der Waals surface area contributed by atoms with E-state index in [9.17, 15) is 4.79 Å². The summed E-state index contributed by atoms with van der Waals surface area (Å²) in [6.45, 7) is 1.52. The highest BCUT2D eigenvalue weighted by Gasteiger charge is 2.50. The minimum Gasteiger partial charge on any atom is -0.347 e. The summed E-state index contributed by atoms with van der Waals surface area (Å²) >= 11 is 0. The van der Waals surface area contributed by atoms with Crippen LogP contribution < -0.4 is 0 Å². The third-order valence-corrected chi connectivity index (χ3v) is 4.39. The summed E-state index contributed by atoms with van der Waals surface area (Å²) in [4.78, 5) is 25.6. The molecule has 1 aliphatic heterocycles. The molecule has 0 radical (unpaired) electrons. The van der Waals surface area contributed by atoms with Crippen LogP contribution in [-0.2, 0) is 23.9 Å². The Balaban J connectivity index is 2.01. The number of hydrogen-bond acceptors (Lipinski definition) is 5. The Morgan fingerprint density at radius 3 is 2.78 bits per heavy atom. The Kier molecular flexibility index (Phi) is 4.12. The first-order valence-corrected chi connectivity index (χ1v) is 7.75. The van der Waals surface area contributed by atoms with Gasteiger partial charge in [-0.2, -0.15) is 5.10 Å². The molecule has 23 heavy (non-hydrogen) atoms. The molecule has 2 aromatic rings. The Labute approximate surface area is 135 Å². The summed E-state index contributed by atoms with van der Waals surface area (Å²) in [6.07, 6.45) is 10.5. The number of hydrogen-bond donors (Lipinski definition) is 0. The average molecular weight is 314 g/mol. The van der Waals surface area contributed by atoms with E-state index in [-0.39, 0.29) is 5.91 Å². The molecule has 7 heteroatoms. The van der Waals surface area contributed by atoms with Crippen LogP contribution in [0.3, 0.4) is 0 Å². The van der Waals surface area contributed by atoms with E-state index in [4.69, 9.17) is 0 Å². The zero-order valence-corrected chi connectivity index (χ0v) is 13.8. The number of carbonyl (C=O) groups is 1. The highest BCUT2D eigenvalue weighted by atomic mass is 16.2. The molecule has 122 valence electrons. The molecule has 0 saturated carbocycles. The van der Waals surface area contributed by atoms with E-state index < -0.39 is 5.54 Å². The molecule has 1 aliphatic rings. The lowest BCUT2D eigenvalue weighted by atomic mass is 9.90. The van der Waals surface area contributed by atoms with Crippen molar-refractivity contribution in [2.45, 2.75) is 24.9 Å². The normalized spacial score (nSPS) is 21.5. The zero-order valence-electron chi connectivity index (χ0n) is 13.8. The van der Waals surface area contributed by atoms with E-state index in [2.05, 4.69) is 20.0 Å². The van der Waals surface area contributed by atoms with E-state index >= 15 is 0 Å². The molecule has 1 atom stereocenters. The van der Waals surface area contributed by atoms with Crippen molar-refractivity contribution in [3.05, 3.63) is 42.2 Å². The number of nitrogens with zero attached hydrogens (tertiary/aromatic N) is 6. The molecular weight excluding hydrogens is 292 g/mol. The van der Waals surface area contributed by atoms with Crippen molar-refractivity contribution in [3.63, 3.8) is 0 Å². The van der Waals surface area contributed by atoms with Gasteiger partial charge in [0.2, 0.25) is 5.91 Å². The summed E-state index contributed by atoms with van der Waals surface area (Å²) in [5.41, 5.74) is 1.07. The lowest BCUT2D eigenvalue weighted by Gasteiger charge is -2.38. The fraction of sp³-hybridized carbons (Fsp3) is 0.500. The summed E-state index contributed by atoms with van der Waals surface area (Å²) in [5.74, 6) is 0.0550. The second-order valence-electron chi connectivity index (χ2n) is 6.20. The molecule has 1 fully saturated rings. The molecular formula is C16H22N6O. The van der Waals surface area contributed by atoms with Crippen LogP contribution in [0.1, 0.15) is 24.1 Å². The topological polar surface area (TPSA) is 67.2 Å². The molecule has 2 aromatic heterocycles. The van der Waals surface area contributed by atoms with Crippen LogP contribution in [0.4, 0.5) is 0 Å². The van der Waals surface area contributed by atoms with E-state index in [1.165, 1.54) is 0 Å². The van der Waals surface area contributed by atoms with Gasteiger partial charge in [0.05, 0.1) is 18.1 Å². The van der Waals surface area contributed by atoms with Crippen molar-refractivity contribution in [1.82, 2.24) is 29.5 Å². The molecule has 0 unspecified atom stereocenters. The molecule has 7 nitrogen and oxygen atoms in total. The van der Waals surface area contributed by atoms with Gasteiger partial charge in [0.25, 0.3) is 0 Å². The van der Waals surface area contributed by atoms with Gasteiger partial charge in [0, 0.05) is 51.8 Å². The maximum Gasteiger partial charge on any atom is 0.248 e. The number of likely N-dealkylation sites (N-methyl/N-ethyl adjacent to an activating group) is 1. The second kappa shape index (κ2) is 6.08. The fourth-order valence-electron chi connectivity index (χ4n) is 3.39. The van der Waals surface area contributed by atoms with Crippen LogP contribution in [-0.4, -0.2) is 56.1 Å². The fourth-order valence-corrected chi connectivity index (χ4v) is 3.39. The van der Waals surface area contributed by atoms with Gasteiger partial charge in [-0.15, -0.1) is 0 Å². The minimum atomic E-state index is -0.742. The SMILES string of the molecule is CN(C)C(=O)[C@]1(c2cnccn2)CCCN1Cc1cnn(C)c1. The predicted molar refractivity (Wildman–Crippen MR) is 85.3 cm³/mol. The summed E-state index contributed by atoms with van der Waals surface area (Å²) in [7, 11) is 5.48. The largest absolute Gasteiger partial charge is 0.347 e. The quantitative estimate of drug-likeness (QED) is 0.835. The Bertz CT molecular complexity index is 683. The summed E-state index contributed by atoms with van der Waals surface area (Å²) in [6, 6.07) is 0. The van der Waals surface area contributed by atoms with Crippen molar-refractivity contribution >= 4 is 5.91 Å². The number of aryl methyl sites for hydroxylation is 1. The van der Waals surface area contributed by atoms with Crippen LogP contribution in [0.15, 0.2) is 31.0 Å². The predicted octanol–water partition coefficient (Wildman–Crippen LogP) is 0.790. The van der Waals surface area contributed by atoms with E-state index in [1.54, 1.807) is 42.3 Å². The molecule has 0 bridgehead atoms. The standard InChI is InChI=1S/C16H22N6O/c1-20(2)15(23)16(14-10-17-6-7-18-14)5-4-8-22(16)12-13-9-19-21(3)11-13/h6-7,9-11H,4-5,8,12H2,1-3H3/t16-/m1/s1. The molecule has 0 spiro atoms. The van der Waals surface area contributed by atoms with E-state index in [1.807, 2.05) is 19.4 Å². The monoisotopic (exact) mass is 314 g/mol. The van der Waals surface area contributed by atoms with Gasteiger partial charge in [0.1, 0.15) is 5.54 Å². The zero-order chi connectivity index (χ0) is 16.4. The van der Waals surface area contributed by atoms with Crippen LogP contribution in [0, 0.1) is 0 Å². The summed E-state index contributed by atoms with van der Waals surface area (Å²) in [5, 5.41) is 4.23. The van der Waals surface area contributed by atoms with Gasteiger partial charge >= 0.3 is 0 Å². The molecule has 1 saturated heterocycles.